The molecule has 0 fully saturated rings. The number of nitrogens with one attached hydrogen (secondary N) is 1. The molecule has 0 aliphatic carbocycles. The van der Waals surface area contributed by atoms with Crippen LogP contribution in [0.2, 0.25) is 0 Å². The summed E-state index contributed by atoms with van der Waals surface area (Å²) >= 11 is 0. The van der Waals surface area contributed by atoms with Gasteiger partial charge in [-0.15, -0.1) is 0 Å². The lowest BCUT2D eigenvalue weighted by Gasteiger charge is -2.15. The Morgan fingerprint density at radius 3 is 2.17 bits per heavy atom. The van der Waals surface area contributed by atoms with Gasteiger partial charge in [-0.1, -0.05) is 49.4 Å². The first-order valence-corrected chi connectivity index (χ1v) is 9.19. The maximum atomic E-state index is 13.8. The van der Waals surface area contributed by atoms with Crippen LogP contribution in [0.25, 0.3) is 11.1 Å². The average molecular weight is 335 g/mol. The molecule has 124 valence electrons. The molecular formula is C18H22FNO2S. The van der Waals surface area contributed by atoms with Crippen LogP contribution in [0.1, 0.15) is 32.3 Å². The molecule has 0 spiro atoms. The van der Waals surface area contributed by atoms with Gasteiger partial charge in [0.1, 0.15) is 5.82 Å². The summed E-state index contributed by atoms with van der Waals surface area (Å²) < 4.78 is 40.0. The van der Waals surface area contributed by atoms with Crippen molar-refractivity contribution in [1.82, 2.24) is 4.72 Å². The summed E-state index contributed by atoms with van der Waals surface area (Å²) in [6, 6.07) is 14.2. The highest BCUT2D eigenvalue weighted by molar-refractivity contribution is 7.90. The number of hydrogen-bond donors (Lipinski definition) is 1. The summed E-state index contributed by atoms with van der Waals surface area (Å²) in [6.07, 6.45) is 0. The van der Waals surface area contributed by atoms with Crippen molar-refractivity contribution in [3.8, 4) is 11.1 Å². The highest BCUT2D eigenvalue weighted by Crippen LogP contribution is 2.24. The van der Waals surface area contributed by atoms with Gasteiger partial charge in [-0.3, -0.25) is 0 Å². The Bertz CT molecular complexity index is 755. The van der Waals surface area contributed by atoms with Gasteiger partial charge in [0.2, 0.25) is 10.0 Å². The van der Waals surface area contributed by atoms with Crippen LogP contribution >= 0.6 is 0 Å². The van der Waals surface area contributed by atoms with Gasteiger partial charge < -0.3 is 0 Å². The van der Waals surface area contributed by atoms with E-state index in [2.05, 4.69) is 4.72 Å². The third kappa shape index (κ3) is 4.39. The fraction of sp³-hybridized carbons (Fsp3) is 0.333. The van der Waals surface area contributed by atoms with Gasteiger partial charge in [-0.2, -0.15) is 0 Å². The van der Waals surface area contributed by atoms with E-state index < -0.39 is 15.3 Å². The summed E-state index contributed by atoms with van der Waals surface area (Å²) in [5, 5.41) is -0.446. The topological polar surface area (TPSA) is 46.2 Å². The Morgan fingerprint density at radius 2 is 1.61 bits per heavy atom. The largest absolute Gasteiger partial charge is 0.214 e. The first-order chi connectivity index (χ1) is 10.8. The van der Waals surface area contributed by atoms with Crippen molar-refractivity contribution in [1.29, 1.82) is 0 Å². The molecule has 1 atom stereocenters. The maximum absolute atomic E-state index is 13.8. The lowest BCUT2D eigenvalue weighted by atomic mass is 9.97. The highest BCUT2D eigenvalue weighted by atomic mass is 32.2. The van der Waals surface area contributed by atoms with Crippen LogP contribution in [0.4, 0.5) is 4.39 Å². The van der Waals surface area contributed by atoms with Gasteiger partial charge in [0.25, 0.3) is 0 Å². The molecule has 2 aromatic carbocycles. The Balaban J connectivity index is 2.09. The van der Waals surface area contributed by atoms with E-state index in [1.807, 2.05) is 31.2 Å². The smallest absolute Gasteiger partial charge is 0.213 e. The number of hydrogen-bond acceptors (Lipinski definition) is 2. The molecule has 1 N–H and O–H groups in total. The molecule has 0 aliphatic rings. The van der Waals surface area contributed by atoms with Gasteiger partial charge in [0.05, 0.1) is 5.25 Å². The second-order valence-electron chi connectivity index (χ2n) is 5.95. The molecule has 2 rings (SSSR count). The van der Waals surface area contributed by atoms with E-state index in [1.54, 1.807) is 32.0 Å². The maximum Gasteiger partial charge on any atom is 0.213 e. The molecule has 23 heavy (non-hydrogen) atoms. The van der Waals surface area contributed by atoms with Crippen molar-refractivity contribution in [2.24, 2.45) is 0 Å². The molecule has 5 heteroatoms. The minimum absolute atomic E-state index is 0.0400. The predicted molar refractivity (Wildman–Crippen MR) is 92.3 cm³/mol. The molecule has 0 amide bonds. The van der Waals surface area contributed by atoms with E-state index in [9.17, 15) is 12.8 Å². The summed E-state index contributed by atoms with van der Waals surface area (Å²) in [6.45, 7) is 5.60. The van der Waals surface area contributed by atoms with Crippen LogP contribution in [-0.2, 0) is 10.0 Å². The Kier molecular flexibility index (Phi) is 5.55. The quantitative estimate of drug-likeness (QED) is 0.869. The van der Waals surface area contributed by atoms with E-state index in [0.29, 0.717) is 12.1 Å². The monoisotopic (exact) mass is 335 g/mol. The van der Waals surface area contributed by atoms with E-state index in [1.165, 1.54) is 6.07 Å². The van der Waals surface area contributed by atoms with Crippen molar-refractivity contribution in [2.75, 3.05) is 6.54 Å². The summed E-state index contributed by atoms with van der Waals surface area (Å²) in [7, 11) is -3.26. The van der Waals surface area contributed by atoms with Crippen molar-refractivity contribution in [3.63, 3.8) is 0 Å². The molecule has 3 nitrogen and oxygen atoms in total. The third-order valence-corrected chi connectivity index (χ3v) is 5.69. The number of benzene rings is 2. The number of rotatable bonds is 6. The molecule has 0 saturated heterocycles. The Labute approximate surface area is 137 Å². The molecule has 0 aliphatic heterocycles. The van der Waals surface area contributed by atoms with E-state index in [-0.39, 0.29) is 11.7 Å². The minimum Gasteiger partial charge on any atom is -0.214 e. The standard InChI is InChI=1S/C18H22FNO2S/c1-13(2)23(21,22)20-12-14(3)15-8-10-16(11-9-15)17-6-4-5-7-18(17)19/h4-11,13-14,20H,12H2,1-3H3/t14-/m1/s1. The summed E-state index contributed by atoms with van der Waals surface area (Å²) in [5.41, 5.74) is 2.38. The van der Waals surface area contributed by atoms with E-state index in [0.717, 1.165) is 11.1 Å². The summed E-state index contributed by atoms with van der Waals surface area (Å²) in [5.74, 6) is -0.212. The SMILES string of the molecule is CC(C)S(=O)(=O)NC[C@@H](C)c1ccc(-c2ccccc2F)cc1. The third-order valence-electron chi connectivity index (χ3n) is 3.88. The molecule has 2 aromatic rings. The fourth-order valence-corrected chi connectivity index (χ4v) is 3.03. The van der Waals surface area contributed by atoms with Gasteiger partial charge in [-0.25, -0.2) is 17.5 Å². The zero-order valence-electron chi connectivity index (χ0n) is 13.6. The lowest BCUT2D eigenvalue weighted by molar-refractivity contribution is 0.566. The van der Waals surface area contributed by atoms with Crippen LogP contribution < -0.4 is 4.72 Å². The molecule has 0 bridgehead atoms. The Morgan fingerprint density at radius 1 is 1.00 bits per heavy atom. The van der Waals surface area contributed by atoms with E-state index in [4.69, 9.17) is 0 Å². The molecule has 0 aromatic heterocycles. The van der Waals surface area contributed by atoms with Gasteiger partial charge >= 0.3 is 0 Å². The number of sulfonamides is 1. The Hall–Kier alpha value is -1.72. The predicted octanol–water partition coefficient (Wildman–Crippen LogP) is 3.92. The highest BCUT2D eigenvalue weighted by Gasteiger charge is 2.17. The molecule has 0 unspecified atom stereocenters. The van der Waals surface area contributed by atoms with Gasteiger partial charge in [0, 0.05) is 12.1 Å². The first kappa shape index (κ1) is 17.6. The zero-order valence-corrected chi connectivity index (χ0v) is 14.4. The van der Waals surface area contributed by atoms with Gasteiger partial charge in [-0.05, 0) is 37.0 Å². The van der Waals surface area contributed by atoms with Crippen LogP contribution in [0.15, 0.2) is 48.5 Å². The van der Waals surface area contributed by atoms with Crippen molar-refractivity contribution < 1.29 is 12.8 Å². The second-order valence-corrected chi connectivity index (χ2v) is 8.27. The van der Waals surface area contributed by atoms with Crippen molar-refractivity contribution >= 4 is 10.0 Å². The van der Waals surface area contributed by atoms with Crippen LogP contribution in [0.5, 0.6) is 0 Å². The zero-order chi connectivity index (χ0) is 17.0. The number of halogens is 1. The molecule has 0 saturated carbocycles. The lowest BCUT2D eigenvalue weighted by Crippen LogP contribution is -2.33. The van der Waals surface area contributed by atoms with Crippen LogP contribution in [0, 0.1) is 5.82 Å². The van der Waals surface area contributed by atoms with Crippen molar-refractivity contribution in [2.45, 2.75) is 31.9 Å². The van der Waals surface area contributed by atoms with E-state index >= 15 is 0 Å². The van der Waals surface area contributed by atoms with Gasteiger partial charge in [0.15, 0.2) is 0 Å². The average Bonchev–Trinajstić information content (AvgIpc) is 2.53. The minimum atomic E-state index is -3.26. The van der Waals surface area contributed by atoms with Crippen LogP contribution in [-0.4, -0.2) is 20.2 Å². The molecule has 0 radical (unpaired) electrons. The molecular weight excluding hydrogens is 313 g/mol. The van der Waals surface area contributed by atoms with Crippen molar-refractivity contribution in [3.05, 3.63) is 59.9 Å². The molecule has 0 heterocycles. The normalized spacial score (nSPS) is 13.3. The van der Waals surface area contributed by atoms with Crippen LogP contribution in [0.3, 0.4) is 0 Å². The first-order valence-electron chi connectivity index (χ1n) is 7.64. The fourth-order valence-electron chi connectivity index (χ4n) is 2.21. The summed E-state index contributed by atoms with van der Waals surface area (Å²) in [4.78, 5) is 0. The second kappa shape index (κ2) is 7.23.